The number of carbonyl (C=O) groups excluding carboxylic acids is 2. The number of nitrogens with zero attached hydrogens (tertiary/aromatic N) is 1. The molecular formula is C28H30BrFN2O2S. The van der Waals surface area contributed by atoms with E-state index in [-0.39, 0.29) is 23.4 Å². The van der Waals surface area contributed by atoms with Gasteiger partial charge in [-0.2, -0.15) is 0 Å². The van der Waals surface area contributed by atoms with E-state index < -0.39 is 6.04 Å². The van der Waals surface area contributed by atoms with Gasteiger partial charge >= 0.3 is 0 Å². The highest BCUT2D eigenvalue weighted by molar-refractivity contribution is 9.10. The molecule has 0 fully saturated rings. The molecule has 3 rings (SSSR count). The molecule has 1 atom stereocenters. The topological polar surface area (TPSA) is 49.4 Å². The molecule has 3 aromatic carbocycles. The van der Waals surface area contributed by atoms with Crippen molar-refractivity contribution in [2.45, 2.75) is 38.1 Å². The van der Waals surface area contributed by atoms with E-state index in [0.717, 1.165) is 27.6 Å². The van der Waals surface area contributed by atoms with E-state index in [4.69, 9.17) is 0 Å². The zero-order valence-corrected chi connectivity index (χ0v) is 22.2. The Kier molecular flexibility index (Phi) is 10.8. The minimum atomic E-state index is -0.633. The van der Waals surface area contributed by atoms with Gasteiger partial charge in [0, 0.05) is 29.7 Å². The third kappa shape index (κ3) is 8.82. The largest absolute Gasteiger partial charge is 0.354 e. The number of rotatable bonds is 12. The molecule has 2 amide bonds. The summed E-state index contributed by atoms with van der Waals surface area (Å²) >= 11 is 4.92. The van der Waals surface area contributed by atoms with Crippen LogP contribution in [0.2, 0.25) is 0 Å². The van der Waals surface area contributed by atoms with Crippen LogP contribution in [0.15, 0.2) is 83.3 Å². The van der Waals surface area contributed by atoms with Gasteiger partial charge in [0.1, 0.15) is 11.9 Å². The highest BCUT2D eigenvalue weighted by Gasteiger charge is 2.30. The van der Waals surface area contributed by atoms with Crippen molar-refractivity contribution in [2.75, 3.05) is 12.3 Å². The summed E-state index contributed by atoms with van der Waals surface area (Å²) in [5.74, 6) is 0.277. The summed E-state index contributed by atoms with van der Waals surface area (Å²) in [6, 6.07) is 23.2. The van der Waals surface area contributed by atoms with Gasteiger partial charge in [0.05, 0.1) is 5.75 Å². The summed E-state index contributed by atoms with van der Waals surface area (Å²) in [6.45, 7) is 2.90. The van der Waals surface area contributed by atoms with Crippen molar-refractivity contribution in [1.82, 2.24) is 10.2 Å². The summed E-state index contributed by atoms with van der Waals surface area (Å²) in [6.07, 6.45) is 1.25. The molecule has 0 spiro atoms. The molecule has 0 aliphatic rings. The Morgan fingerprint density at radius 3 is 2.26 bits per heavy atom. The van der Waals surface area contributed by atoms with Crippen LogP contribution in [0.4, 0.5) is 4.39 Å². The minimum absolute atomic E-state index is 0.104. The first-order chi connectivity index (χ1) is 17.0. The Morgan fingerprint density at radius 1 is 0.943 bits per heavy atom. The lowest BCUT2D eigenvalue weighted by Gasteiger charge is -2.31. The Hall–Kier alpha value is -2.64. The quantitative estimate of drug-likeness (QED) is 0.298. The van der Waals surface area contributed by atoms with Gasteiger partial charge in [-0.1, -0.05) is 77.5 Å². The van der Waals surface area contributed by atoms with Crippen LogP contribution in [0.3, 0.4) is 0 Å². The van der Waals surface area contributed by atoms with E-state index in [1.54, 1.807) is 17.0 Å². The molecular weight excluding hydrogens is 527 g/mol. The second-order valence-corrected chi connectivity index (χ2v) is 10.2. The van der Waals surface area contributed by atoms with Gasteiger partial charge in [-0.15, -0.1) is 11.8 Å². The number of hydrogen-bond acceptors (Lipinski definition) is 3. The van der Waals surface area contributed by atoms with Crippen LogP contribution in [0.5, 0.6) is 0 Å². The van der Waals surface area contributed by atoms with Crippen molar-refractivity contribution in [3.8, 4) is 0 Å². The SMILES string of the molecule is CCCNC(=O)[C@H](Cc1ccccc1)N(Cc1ccc(Br)cc1)C(=O)CSCc1ccc(F)cc1. The summed E-state index contributed by atoms with van der Waals surface area (Å²) < 4.78 is 14.2. The maximum absolute atomic E-state index is 13.5. The number of hydrogen-bond donors (Lipinski definition) is 1. The highest BCUT2D eigenvalue weighted by atomic mass is 79.9. The maximum Gasteiger partial charge on any atom is 0.243 e. The lowest BCUT2D eigenvalue weighted by atomic mass is 10.0. The molecule has 0 aromatic heterocycles. The van der Waals surface area contributed by atoms with Crippen molar-refractivity contribution >= 4 is 39.5 Å². The molecule has 0 unspecified atom stereocenters. The zero-order valence-electron chi connectivity index (χ0n) is 19.8. The number of thioether (sulfide) groups is 1. The van der Waals surface area contributed by atoms with Gasteiger partial charge in [0.15, 0.2) is 0 Å². The maximum atomic E-state index is 13.5. The standard InChI is InChI=1S/C28H30BrFN2O2S/c1-2-16-31-28(34)26(17-21-6-4-3-5-7-21)32(18-22-8-12-24(29)13-9-22)27(33)20-35-19-23-10-14-25(30)15-11-23/h3-15,26H,2,16-20H2,1H3,(H,31,34)/t26-/m0/s1. The smallest absolute Gasteiger partial charge is 0.243 e. The van der Waals surface area contributed by atoms with E-state index in [1.165, 1.54) is 23.9 Å². The van der Waals surface area contributed by atoms with Gasteiger partial charge in [0.2, 0.25) is 11.8 Å². The Morgan fingerprint density at radius 2 is 1.60 bits per heavy atom. The molecule has 4 nitrogen and oxygen atoms in total. The predicted molar refractivity (Wildman–Crippen MR) is 144 cm³/mol. The molecule has 3 aromatic rings. The van der Waals surface area contributed by atoms with Gasteiger partial charge in [0.25, 0.3) is 0 Å². The second-order valence-electron chi connectivity index (χ2n) is 8.26. The van der Waals surface area contributed by atoms with E-state index in [1.807, 2.05) is 61.5 Å². The van der Waals surface area contributed by atoms with Crippen molar-refractivity contribution in [1.29, 1.82) is 0 Å². The van der Waals surface area contributed by atoms with E-state index >= 15 is 0 Å². The zero-order chi connectivity index (χ0) is 25.0. The molecule has 0 saturated carbocycles. The van der Waals surface area contributed by atoms with Crippen molar-refractivity contribution in [3.05, 3.63) is 106 Å². The van der Waals surface area contributed by atoms with Crippen LogP contribution < -0.4 is 5.32 Å². The lowest BCUT2D eigenvalue weighted by molar-refractivity contribution is -0.139. The van der Waals surface area contributed by atoms with E-state index in [2.05, 4.69) is 21.2 Å². The molecule has 0 bridgehead atoms. The average molecular weight is 558 g/mol. The van der Waals surface area contributed by atoms with Crippen LogP contribution in [0.25, 0.3) is 0 Å². The first-order valence-electron chi connectivity index (χ1n) is 11.6. The van der Waals surface area contributed by atoms with E-state index in [9.17, 15) is 14.0 Å². The molecule has 1 N–H and O–H groups in total. The first kappa shape index (κ1) is 27.0. The van der Waals surface area contributed by atoms with Crippen LogP contribution >= 0.6 is 27.7 Å². The summed E-state index contributed by atoms with van der Waals surface area (Å²) in [4.78, 5) is 28.5. The third-order valence-electron chi connectivity index (χ3n) is 5.49. The average Bonchev–Trinajstić information content (AvgIpc) is 2.87. The summed E-state index contributed by atoms with van der Waals surface area (Å²) in [5, 5.41) is 2.99. The molecule has 35 heavy (non-hydrogen) atoms. The Labute approximate surface area is 219 Å². The number of nitrogens with one attached hydrogen (secondary N) is 1. The van der Waals surface area contributed by atoms with Gasteiger partial charge in [-0.05, 0) is 47.4 Å². The Balaban J connectivity index is 1.81. The van der Waals surface area contributed by atoms with Crippen LogP contribution in [0.1, 0.15) is 30.0 Å². The van der Waals surface area contributed by atoms with E-state index in [0.29, 0.717) is 25.3 Å². The number of amides is 2. The molecule has 0 saturated heterocycles. The van der Waals surface area contributed by atoms with Gasteiger partial charge in [-0.25, -0.2) is 4.39 Å². The predicted octanol–water partition coefficient (Wildman–Crippen LogP) is 5.99. The van der Waals surface area contributed by atoms with Crippen molar-refractivity contribution < 1.29 is 14.0 Å². The van der Waals surface area contributed by atoms with Crippen LogP contribution in [-0.4, -0.2) is 35.1 Å². The third-order valence-corrected chi connectivity index (χ3v) is 7.01. The number of benzene rings is 3. The molecule has 7 heteroatoms. The van der Waals surface area contributed by atoms with Gasteiger partial charge in [-0.3, -0.25) is 9.59 Å². The molecule has 184 valence electrons. The molecule has 0 aliphatic carbocycles. The first-order valence-corrected chi connectivity index (χ1v) is 13.6. The van der Waals surface area contributed by atoms with Crippen molar-refractivity contribution in [2.24, 2.45) is 0 Å². The number of halogens is 2. The second kappa shape index (κ2) is 14.0. The monoisotopic (exact) mass is 556 g/mol. The molecule has 0 radical (unpaired) electrons. The minimum Gasteiger partial charge on any atom is -0.354 e. The summed E-state index contributed by atoms with van der Waals surface area (Å²) in [5.41, 5.74) is 2.90. The number of carbonyl (C=O) groups is 2. The van der Waals surface area contributed by atoms with Gasteiger partial charge < -0.3 is 10.2 Å². The summed E-state index contributed by atoms with van der Waals surface area (Å²) in [7, 11) is 0. The van der Waals surface area contributed by atoms with Crippen LogP contribution in [-0.2, 0) is 28.3 Å². The lowest BCUT2D eigenvalue weighted by Crippen LogP contribution is -2.51. The van der Waals surface area contributed by atoms with Crippen molar-refractivity contribution in [3.63, 3.8) is 0 Å². The highest BCUT2D eigenvalue weighted by Crippen LogP contribution is 2.20. The molecule has 0 heterocycles. The fourth-order valence-corrected chi connectivity index (χ4v) is 4.76. The molecule has 0 aliphatic heterocycles. The fraction of sp³-hybridized carbons (Fsp3) is 0.286. The Bertz CT molecular complexity index is 1080. The fourth-order valence-electron chi connectivity index (χ4n) is 3.63. The van der Waals surface area contributed by atoms with Crippen LogP contribution in [0, 0.1) is 5.82 Å². The normalized spacial score (nSPS) is 11.6.